The van der Waals surface area contributed by atoms with Crippen molar-refractivity contribution in [3.05, 3.63) is 53.8 Å². The van der Waals surface area contributed by atoms with E-state index in [1.54, 1.807) is 19.1 Å². The monoisotopic (exact) mass is 216 g/mol. The highest BCUT2D eigenvalue weighted by Crippen LogP contribution is 2.25. The van der Waals surface area contributed by atoms with Gasteiger partial charge in [0.2, 0.25) is 0 Å². The van der Waals surface area contributed by atoms with Crippen molar-refractivity contribution in [3.8, 4) is 0 Å². The number of benzene rings is 2. The van der Waals surface area contributed by atoms with Crippen LogP contribution in [0.1, 0.15) is 5.56 Å². The lowest BCUT2D eigenvalue weighted by Crippen LogP contribution is -1.98. The second kappa shape index (κ2) is 4.23. The summed E-state index contributed by atoms with van der Waals surface area (Å²) in [7, 11) is 0. The van der Waals surface area contributed by atoms with E-state index in [9.17, 15) is 4.39 Å². The lowest BCUT2D eigenvalue weighted by Gasteiger charge is -2.11. The zero-order valence-corrected chi connectivity index (χ0v) is 9.00. The molecule has 2 aromatic carbocycles. The highest BCUT2D eigenvalue weighted by atomic mass is 19.1. The van der Waals surface area contributed by atoms with E-state index in [1.807, 2.05) is 24.3 Å². The van der Waals surface area contributed by atoms with Gasteiger partial charge in [0, 0.05) is 11.3 Å². The molecular weight excluding hydrogens is 203 g/mol. The molecule has 2 aromatic rings. The van der Waals surface area contributed by atoms with Gasteiger partial charge in [0.05, 0.1) is 11.4 Å². The number of nitrogens with two attached hydrogens (primary N) is 1. The van der Waals surface area contributed by atoms with Crippen molar-refractivity contribution in [2.24, 2.45) is 0 Å². The van der Waals surface area contributed by atoms with Gasteiger partial charge in [0.15, 0.2) is 0 Å². The minimum atomic E-state index is -0.223. The van der Waals surface area contributed by atoms with Gasteiger partial charge in [-0.2, -0.15) is 0 Å². The van der Waals surface area contributed by atoms with Crippen molar-refractivity contribution in [1.29, 1.82) is 0 Å². The van der Waals surface area contributed by atoms with Crippen LogP contribution in [0.5, 0.6) is 0 Å². The van der Waals surface area contributed by atoms with Crippen LogP contribution < -0.4 is 11.1 Å². The predicted molar refractivity (Wildman–Crippen MR) is 65.3 cm³/mol. The molecule has 0 aliphatic rings. The third-order valence-corrected chi connectivity index (χ3v) is 2.50. The molecule has 0 radical (unpaired) electrons. The first-order valence-corrected chi connectivity index (χ1v) is 5.05. The largest absolute Gasteiger partial charge is 0.397 e. The molecule has 2 nitrogen and oxygen atoms in total. The van der Waals surface area contributed by atoms with Crippen molar-refractivity contribution in [3.63, 3.8) is 0 Å². The number of halogens is 1. The third-order valence-electron chi connectivity index (χ3n) is 2.50. The standard InChI is InChI=1S/C13H13FN2/c1-9-10(14)5-4-8-12(9)16-13-7-3-2-6-11(13)15/h2-8,16H,15H2,1H3. The molecular formula is C13H13FN2. The summed E-state index contributed by atoms with van der Waals surface area (Å²) in [5, 5.41) is 3.12. The van der Waals surface area contributed by atoms with Gasteiger partial charge in [-0.1, -0.05) is 18.2 Å². The molecule has 0 amide bonds. The topological polar surface area (TPSA) is 38.0 Å². The first kappa shape index (κ1) is 10.5. The Morgan fingerprint density at radius 2 is 1.69 bits per heavy atom. The molecule has 0 heterocycles. The molecule has 0 aliphatic heterocycles. The Morgan fingerprint density at radius 3 is 2.44 bits per heavy atom. The highest BCUT2D eigenvalue weighted by Gasteiger charge is 2.04. The molecule has 2 rings (SSSR count). The molecule has 16 heavy (non-hydrogen) atoms. The van der Waals surface area contributed by atoms with Gasteiger partial charge in [0.25, 0.3) is 0 Å². The van der Waals surface area contributed by atoms with Gasteiger partial charge in [-0.25, -0.2) is 4.39 Å². The average Bonchev–Trinajstić information content (AvgIpc) is 2.28. The van der Waals surface area contributed by atoms with Crippen LogP contribution in [0, 0.1) is 12.7 Å². The lowest BCUT2D eigenvalue weighted by atomic mass is 10.1. The van der Waals surface area contributed by atoms with Crippen molar-refractivity contribution < 1.29 is 4.39 Å². The molecule has 0 fully saturated rings. The van der Waals surface area contributed by atoms with Crippen molar-refractivity contribution in [2.45, 2.75) is 6.92 Å². The van der Waals surface area contributed by atoms with Crippen molar-refractivity contribution in [1.82, 2.24) is 0 Å². The van der Waals surface area contributed by atoms with E-state index < -0.39 is 0 Å². The van der Waals surface area contributed by atoms with E-state index in [-0.39, 0.29) is 5.82 Å². The second-order valence-corrected chi connectivity index (χ2v) is 3.62. The second-order valence-electron chi connectivity index (χ2n) is 3.62. The van der Waals surface area contributed by atoms with Crippen LogP contribution in [-0.4, -0.2) is 0 Å². The number of anilines is 3. The Labute approximate surface area is 93.9 Å². The lowest BCUT2D eigenvalue weighted by molar-refractivity contribution is 0.619. The normalized spacial score (nSPS) is 10.1. The molecule has 0 saturated carbocycles. The van der Waals surface area contributed by atoms with Crippen LogP contribution in [-0.2, 0) is 0 Å². The fourth-order valence-corrected chi connectivity index (χ4v) is 1.50. The van der Waals surface area contributed by atoms with Gasteiger partial charge in [-0.05, 0) is 31.2 Å². The fourth-order valence-electron chi connectivity index (χ4n) is 1.50. The maximum atomic E-state index is 13.3. The summed E-state index contributed by atoms with van der Waals surface area (Å²) >= 11 is 0. The average molecular weight is 216 g/mol. The van der Waals surface area contributed by atoms with E-state index in [4.69, 9.17) is 5.73 Å². The number of hydrogen-bond acceptors (Lipinski definition) is 2. The Bertz CT molecular complexity index is 509. The van der Waals surface area contributed by atoms with Crippen LogP contribution in [0.3, 0.4) is 0 Å². The van der Waals surface area contributed by atoms with Gasteiger partial charge in [-0.15, -0.1) is 0 Å². The van der Waals surface area contributed by atoms with Crippen LogP contribution in [0.15, 0.2) is 42.5 Å². The summed E-state index contributed by atoms with van der Waals surface area (Å²) in [5.74, 6) is -0.223. The Kier molecular flexibility index (Phi) is 2.77. The molecule has 82 valence electrons. The highest BCUT2D eigenvalue weighted by molar-refractivity contribution is 5.73. The maximum absolute atomic E-state index is 13.3. The number of hydrogen-bond donors (Lipinski definition) is 2. The smallest absolute Gasteiger partial charge is 0.128 e. The van der Waals surface area contributed by atoms with Crippen LogP contribution in [0.25, 0.3) is 0 Å². The molecule has 0 atom stereocenters. The molecule has 0 unspecified atom stereocenters. The summed E-state index contributed by atoms with van der Waals surface area (Å²) in [6, 6.07) is 12.3. The summed E-state index contributed by atoms with van der Waals surface area (Å²) in [6.07, 6.45) is 0. The fraction of sp³-hybridized carbons (Fsp3) is 0.0769. The van der Waals surface area contributed by atoms with Crippen molar-refractivity contribution >= 4 is 17.1 Å². The van der Waals surface area contributed by atoms with E-state index in [2.05, 4.69) is 5.32 Å². The minimum Gasteiger partial charge on any atom is -0.397 e. The van der Waals surface area contributed by atoms with Crippen LogP contribution in [0.4, 0.5) is 21.5 Å². The van der Waals surface area contributed by atoms with Gasteiger partial charge >= 0.3 is 0 Å². The molecule has 0 spiro atoms. The van der Waals surface area contributed by atoms with Gasteiger partial charge in [0.1, 0.15) is 5.82 Å². The van der Waals surface area contributed by atoms with Crippen molar-refractivity contribution in [2.75, 3.05) is 11.1 Å². The molecule has 0 aromatic heterocycles. The first-order chi connectivity index (χ1) is 7.68. The van der Waals surface area contributed by atoms with E-state index >= 15 is 0 Å². The number of rotatable bonds is 2. The summed E-state index contributed by atoms with van der Waals surface area (Å²) < 4.78 is 13.3. The zero-order chi connectivity index (χ0) is 11.5. The maximum Gasteiger partial charge on any atom is 0.128 e. The predicted octanol–water partition coefficient (Wildman–Crippen LogP) is 3.46. The number of nitrogens with one attached hydrogen (secondary N) is 1. The molecule has 0 saturated heterocycles. The summed E-state index contributed by atoms with van der Waals surface area (Å²) in [6.45, 7) is 1.73. The molecule has 0 aliphatic carbocycles. The van der Waals surface area contributed by atoms with E-state index in [0.717, 1.165) is 11.4 Å². The van der Waals surface area contributed by atoms with Crippen LogP contribution >= 0.6 is 0 Å². The molecule has 0 bridgehead atoms. The quantitative estimate of drug-likeness (QED) is 0.754. The Balaban J connectivity index is 2.35. The van der Waals surface area contributed by atoms with Crippen LogP contribution in [0.2, 0.25) is 0 Å². The Morgan fingerprint density at radius 1 is 1.00 bits per heavy atom. The van der Waals surface area contributed by atoms with E-state index in [1.165, 1.54) is 6.07 Å². The number of para-hydroxylation sites is 2. The molecule has 3 N–H and O–H groups in total. The molecule has 3 heteroatoms. The minimum absolute atomic E-state index is 0.223. The summed E-state index contributed by atoms with van der Waals surface area (Å²) in [4.78, 5) is 0. The van der Waals surface area contributed by atoms with Gasteiger partial charge in [-0.3, -0.25) is 0 Å². The van der Waals surface area contributed by atoms with E-state index in [0.29, 0.717) is 11.3 Å². The summed E-state index contributed by atoms with van der Waals surface area (Å²) in [5.41, 5.74) is 8.56. The van der Waals surface area contributed by atoms with Gasteiger partial charge < -0.3 is 11.1 Å². The Hall–Kier alpha value is -2.03. The number of nitrogen functional groups attached to an aromatic ring is 1. The zero-order valence-electron chi connectivity index (χ0n) is 9.00. The SMILES string of the molecule is Cc1c(F)cccc1Nc1ccccc1N. The third kappa shape index (κ3) is 1.98. The first-order valence-electron chi connectivity index (χ1n) is 5.05.